The van der Waals surface area contributed by atoms with Crippen molar-refractivity contribution in [2.24, 2.45) is 0 Å². The number of nitro groups is 2. The number of hydrogen-bond donors (Lipinski definition) is 2. The van der Waals surface area contributed by atoms with Crippen LogP contribution in [0.1, 0.15) is 0 Å². The highest BCUT2D eigenvalue weighted by molar-refractivity contribution is 6.58. The molecule has 4 aromatic carbocycles. The van der Waals surface area contributed by atoms with Crippen LogP contribution in [-0.4, -0.2) is 27.0 Å². The predicted molar refractivity (Wildman–Crippen MR) is 133 cm³/mol. The van der Waals surface area contributed by atoms with Crippen LogP contribution in [0, 0.1) is 20.2 Å². The van der Waals surface area contributed by atoms with Crippen molar-refractivity contribution in [1.29, 1.82) is 0 Å². The lowest BCUT2D eigenvalue weighted by Crippen LogP contribution is -2.29. The molecule has 0 aliphatic carbocycles. The molecule has 34 heavy (non-hydrogen) atoms. The highest BCUT2D eigenvalue weighted by atomic mass is 35.5. The average molecular weight is 479 g/mol. The lowest BCUT2D eigenvalue weighted by atomic mass is 9.81. The Morgan fingerprint density at radius 1 is 0.588 bits per heavy atom. The molecule has 0 aliphatic rings. The van der Waals surface area contributed by atoms with Crippen molar-refractivity contribution < 1.29 is 19.9 Å². The van der Waals surface area contributed by atoms with Gasteiger partial charge in [-0.2, -0.15) is 0 Å². The quantitative estimate of drug-likeness (QED) is 0.244. The van der Waals surface area contributed by atoms with Gasteiger partial charge in [-0.25, -0.2) is 0 Å². The summed E-state index contributed by atoms with van der Waals surface area (Å²) in [6, 6.07) is 30.7. The molecule has 0 saturated carbocycles. The minimum Gasteiger partial charge on any atom is -0.423 e. The smallest absolute Gasteiger partial charge is 0.423 e. The van der Waals surface area contributed by atoms with E-state index in [9.17, 15) is 20.2 Å². The Kier molecular flexibility index (Phi) is 10.4. The number of nitro benzene ring substituents is 2. The fourth-order valence-electron chi connectivity index (χ4n) is 2.59. The highest BCUT2D eigenvalue weighted by Crippen LogP contribution is 2.21. The second kappa shape index (κ2) is 13.5. The first-order chi connectivity index (χ1) is 16.3. The molecule has 0 aromatic heterocycles. The van der Waals surface area contributed by atoms with E-state index in [4.69, 9.17) is 21.6 Å². The Morgan fingerprint density at radius 2 is 0.971 bits per heavy atom. The summed E-state index contributed by atoms with van der Waals surface area (Å²) in [5.74, 6) is 0. The zero-order valence-corrected chi connectivity index (χ0v) is 18.5. The van der Waals surface area contributed by atoms with Gasteiger partial charge in [0, 0.05) is 29.3 Å². The molecule has 172 valence electrons. The van der Waals surface area contributed by atoms with E-state index >= 15 is 0 Å². The van der Waals surface area contributed by atoms with Gasteiger partial charge in [-0.05, 0) is 40.9 Å². The van der Waals surface area contributed by atoms with Gasteiger partial charge in [-0.1, -0.05) is 72.3 Å². The van der Waals surface area contributed by atoms with Crippen LogP contribution in [-0.2, 0) is 0 Å². The maximum atomic E-state index is 10.5. The zero-order valence-electron chi connectivity index (χ0n) is 17.8. The summed E-state index contributed by atoms with van der Waals surface area (Å²) in [4.78, 5) is 19.7. The third-order valence-corrected chi connectivity index (χ3v) is 4.57. The standard InChI is InChI=1S/C12H9NO2.C6H7BO2.C6H4ClNO2/c14-13(15)12-8-6-11(7-9-12)10-4-2-1-3-5-10;8-7(9)6-4-2-1-3-5-6;7-5-1-3-6(4-2-5)8(9)10/h1-9H;1-5,8-9H;1-4H. The largest absolute Gasteiger partial charge is 0.488 e. The second-order valence-electron chi connectivity index (χ2n) is 6.69. The van der Waals surface area contributed by atoms with E-state index in [-0.39, 0.29) is 11.4 Å². The van der Waals surface area contributed by atoms with E-state index in [1.807, 2.05) is 36.4 Å². The Morgan fingerprint density at radius 3 is 1.35 bits per heavy atom. The number of nitrogens with zero attached hydrogens (tertiary/aromatic N) is 2. The van der Waals surface area contributed by atoms with Crippen molar-refractivity contribution in [3.8, 4) is 11.1 Å². The molecule has 8 nitrogen and oxygen atoms in total. The molecule has 0 atom stereocenters. The van der Waals surface area contributed by atoms with Gasteiger partial charge in [0.25, 0.3) is 11.4 Å². The van der Waals surface area contributed by atoms with E-state index < -0.39 is 17.0 Å². The molecule has 0 unspecified atom stereocenters. The molecular formula is C24H20BClN2O6. The topological polar surface area (TPSA) is 127 Å². The molecule has 4 aromatic rings. The van der Waals surface area contributed by atoms with Gasteiger partial charge >= 0.3 is 7.12 Å². The fraction of sp³-hybridized carbons (Fsp3) is 0. The molecule has 4 rings (SSSR count). The number of halogens is 1. The van der Waals surface area contributed by atoms with Crippen LogP contribution in [0.2, 0.25) is 5.02 Å². The van der Waals surface area contributed by atoms with Crippen LogP contribution in [0.5, 0.6) is 0 Å². The first-order valence-corrected chi connectivity index (χ1v) is 10.3. The van der Waals surface area contributed by atoms with E-state index in [0.29, 0.717) is 10.5 Å². The Labute approximate surface area is 201 Å². The van der Waals surface area contributed by atoms with Crippen LogP contribution in [0.4, 0.5) is 11.4 Å². The number of non-ortho nitro benzene ring substituents is 2. The van der Waals surface area contributed by atoms with Crippen LogP contribution < -0.4 is 5.46 Å². The first kappa shape index (κ1) is 26.2. The molecule has 0 heterocycles. The van der Waals surface area contributed by atoms with Crippen LogP contribution in [0.3, 0.4) is 0 Å². The molecule has 0 bridgehead atoms. The SMILES string of the molecule is O=[N+]([O-])c1ccc(-c2ccccc2)cc1.O=[N+]([O-])c1ccc(Cl)cc1.OB(O)c1ccccc1. The summed E-state index contributed by atoms with van der Waals surface area (Å²) >= 11 is 5.49. The van der Waals surface area contributed by atoms with Crippen molar-refractivity contribution >= 4 is 35.6 Å². The van der Waals surface area contributed by atoms with Crippen molar-refractivity contribution in [3.05, 3.63) is 134 Å². The summed E-state index contributed by atoms with van der Waals surface area (Å²) < 4.78 is 0. The van der Waals surface area contributed by atoms with Crippen molar-refractivity contribution in [3.63, 3.8) is 0 Å². The van der Waals surface area contributed by atoms with E-state index in [2.05, 4.69) is 0 Å². The van der Waals surface area contributed by atoms with E-state index in [1.165, 1.54) is 36.4 Å². The molecule has 0 radical (unpaired) electrons. The summed E-state index contributed by atoms with van der Waals surface area (Å²) in [5, 5.41) is 38.2. The molecule has 0 fully saturated rings. The van der Waals surface area contributed by atoms with Crippen molar-refractivity contribution in [1.82, 2.24) is 0 Å². The Balaban J connectivity index is 0.000000189. The number of benzene rings is 4. The minimum absolute atomic E-state index is 0.0596. The van der Waals surface area contributed by atoms with E-state index in [0.717, 1.165) is 11.1 Å². The van der Waals surface area contributed by atoms with E-state index in [1.54, 1.807) is 36.4 Å². The van der Waals surface area contributed by atoms with Crippen molar-refractivity contribution in [2.75, 3.05) is 0 Å². The zero-order chi connectivity index (χ0) is 24.9. The van der Waals surface area contributed by atoms with Crippen LogP contribution in [0.25, 0.3) is 11.1 Å². The van der Waals surface area contributed by atoms with Crippen molar-refractivity contribution in [2.45, 2.75) is 0 Å². The van der Waals surface area contributed by atoms with Gasteiger partial charge in [-0.15, -0.1) is 0 Å². The maximum absolute atomic E-state index is 10.5. The summed E-state index contributed by atoms with van der Waals surface area (Å²) in [6.45, 7) is 0. The molecule has 10 heteroatoms. The fourth-order valence-corrected chi connectivity index (χ4v) is 2.72. The lowest BCUT2D eigenvalue weighted by Gasteiger charge is -1.99. The lowest BCUT2D eigenvalue weighted by molar-refractivity contribution is -0.385. The Hall–Kier alpha value is -4.05. The van der Waals surface area contributed by atoms with Gasteiger partial charge in [-0.3, -0.25) is 20.2 Å². The number of rotatable bonds is 4. The Bertz CT molecular complexity index is 1180. The monoisotopic (exact) mass is 478 g/mol. The summed E-state index contributed by atoms with van der Waals surface area (Å²) in [6.07, 6.45) is 0. The normalized spacial score (nSPS) is 9.50. The highest BCUT2D eigenvalue weighted by Gasteiger charge is 2.07. The summed E-state index contributed by atoms with van der Waals surface area (Å²) in [5.41, 5.74) is 2.75. The first-order valence-electron chi connectivity index (χ1n) is 9.89. The molecule has 0 amide bonds. The minimum atomic E-state index is -1.34. The van der Waals surface area contributed by atoms with Gasteiger partial charge in [0.2, 0.25) is 0 Å². The maximum Gasteiger partial charge on any atom is 0.488 e. The molecule has 2 N–H and O–H groups in total. The molecule has 0 saturated heterocycles. The van der Waals surface area contributed by atoms with Crippen LogP contribution in [0.15, 0.2) is 109 Å². The van der Waals surface area contributed by atoms with Gasteiger partial charge in [0.05, 0.1) is 9.85 Å². The summed E-state index contributed by atoms with van der Waals surface area (Å²) in [7, 11) is -1.34. The molecular weight excluding hydrogens is 459 g/mol. The third kappa shape index (κ3) is 8.83. The second-order valence-corrected chi connectivity index (χ2v) is 7.12. The van der Waals surface area contributed by atoms with Gasteiger partial charge < -0.3 is 10.0 Å². The average Bonchev–Trinajstić information content (AvgIpc) is 2.86. The predicted octanol–water partition coefficient (Wildman–Crippen LogP) is 4.88. The van der Waals surface area contributed by atoms with Gasteiger partial charge in [0.15, 0.2) is 0 Å². The third-order valence-electron chi connectivity index (χ3n) is 4.32. The van der Waals surface area contributed by atoms with Gasteiger partial charge in [0.1, 0.15) is 0 Å². The molecule has 0 spiro atoms. The molecule has 0 aliphatic heterocycles. The van der Waals surface area contributed by atoms with Crippen LogP contribution >= 0.6 is 11.6 Å². The number of hydrogen-bond acceptors (Lipinski definition) is 6.